The van der Waals surface area contributed by atoms with Crippen molar-refractivity contribution in [2.24, 2.45) is 5.92 Å². The number of rotatable bonds is 10. The largest absolute Gasteiger partial charge is 0.471 e. The van der Waals surface area contributed by atoms with Gasteiger partial charge in [0, 0.05) is 41.6 Å². The lowest BCUT2D eigenvalue weighted by atomic mass is 10.1. The summed E-state index contributed by atoms with van der Waals surface area (Å²) in [4.78, 5) is 33.4. The number of Topliss-reactive ketones (excluding diaryl/α,β-unsaturated/α-hetero) is 1. The zero-order valence-electron chi connectivity index (χ0n) is 18.0. The molecule has 0 saturated heterocycles. The Morgan fingerprint density at radius 2 is 1.97 bits per heavy atom. The number of ketones is 1. The Hall–Kier alpha value is -2.90. The van der Waals surface area contributed by atoms with Crippen LogP contribution in [0.1, 0.15) is 65.1 Å². The summed E-state index contributed by atoms with van der Waals surface area (Å²) in [7, 11) is 0. The van der Waals surface area contributed by atoms with Crippen molar-refractivity contribution in [2.45, 2.75) is 58.9 Å². The highest BCUT2D eigenvalue weighted by molar-refractivity contribution is 5.95. The van der Waals surface area contributed by atoms with E-state index in [0.29, 0.717) is 34.9 Å². The van der Waals surface area contributed by atoms with Gasteiger partial charge in [-0.3, -0.25) is 14.6 Å². The van der Waals surface area contributed by atoms with Crippen molar-refractivity contribution in [3.05, 3.63) is 52.5 Å². The molecule has 8 heteroatoms. The first-order valence-electron chi connectivity index (χ1n) is 10.4. The molecule has 6 nitrogen and oxygen atoms in total. The maximum atomic E-state index is 12.8. The predicted octanol–water partition coefficient (Wildman–Crippen LogP) is 4.14. The molecule has 1 unspecified atom stereocenters. The predicted molar refractivity (Wildman–Crippen MR) is 111 cm³/mol. The molecule has 3 rings (SSSR count). The fourth-order valence-corrected chi connectivity index (χ4v) is 3.35. The van der Waals surface area contributed by atoms with Crippen LogP contribution < -0.4 is 10.1 Å². The smallest absolute Gasteiger partial charge is 0.272 e. The maximum absolute atomic E-state index is 12.8. The summed E-state index contributed by atoms with van der Waals surface area (Å²) in [6, 6.07) is 4.72. The molecule has 31 heavy (non-hydrogen) atoms. The van der Waals surface area contributed by atoms with Crippen LogP contribution in [0.3, 0.4) is 0 Å². The minimum Gasteiger partial charge on any atom is -0.471 e. The van der Waals surface area contributed by atoms with Crippen molar-refractivity contribution in [1.82, 2.24) is 15.3 Å². The normalized spacial score (nSPS) is 14.4. The van der Waals surface area contributed by atoms with Crippen molar-refractivity contribution < 1.29 is 23.1 Å². The SMILES string of the molecule is Cc1cc(C(=O)NC(C)c2cnc(OCC(F)F)c(C)c2)cc(CC(=O)CC2CC2)n1. The van der Waals surface area contributed by atoms with Crippen LogP contribution in [-0.4, -0.2) is 34.7 Å². The van der Waals surface area contributed by atoms with E-state index in [9.17, 15) is 18.4 Å². The molecule has 1 saturated carbocycles. The van der Waals surface area contributed by atoms with Crippen molar-refractivity contribution in [3.8, 4) is 5.88 Å². The summed E-state index contributed by atoms with van der Waals surface area (Å²) in [6.07, 6.45) is 1.97. The molecule has 1 atom stereocenters. The van der Waals surface area contributed by atoms with Crippen molar-refractivity contribution >= 4 is 11.7 Å². The number of alkyl halides is 2. The van der Waals surface area contributed by atoms with Gasteiger partial charge in [-0.05, 0) is 63.3 Å². The third-order valence-corrected chi connectivity index (χ3v) is 5.11. The zero-order valence-corrected chi connectivity index (χ0v) is 18.0. The molecule has 0 aliphatic heterocycles. The van der Waals surface area contributed by atoms with Crippen LogP contribution in [0.25, 0.3) is 0 Å². The van der Waals surface area contributed by atoms with Gasteiger partial charge >= 0.3 is 0 Å². The van der Waals surface area contributed by atoms with E-state index < -0.39 is 13.0 Å². The lowest BCUT2D eigenvalue weighted by Crippen LogP contribution is -2.27. The molecule has 2 heterocycles. The number of hydrogen-bond acceptors (Lipinski definition) is 5. The van der Waals surface area contributed by atoms with Gasteiger partial charge in [-0.2, -0.15) is 0 Å². The highest BCUT2D eigenvalue weighted by Gasteiger charge is 2.24. The second kappa shape index (κ2) is 9.94. The van der Waals surface area contributed by atoms with E-state index in [-0.39, 0.29) is 30.0 Å². The van der Waals surface area contributed by atoms with Gasteiger partial charge in [0.15, 0.2) is 6.61 Å². The number of nitrogens with one attached hydrogen (secondary N) is 1. The van der Waals surface area contributed by atoms with Crippen LogP contribution in [0.15, 0.2) is 24.4 Å². The average molecular weight is 431 g/mol. The van der Waals surface area contributed by atoms with Gasteiger partial charge in [0.2, 0.25) is 5.88 Å². The van der Waals surface area contributed by atoms with E-state index in [1.54, 1.807) is 32.0 Å². The molecule has 166 valence electrons. The van der Waals surface area contributed by atoms with Gasteiger partial charge in [0.05, 0.1) is 6.04 Å². The van der Waals surface area contributed by atoms with E-state index >= 15 is 0 Å². The first-order chi connectivity index (χ1) is 14.7. The van der Waals surface area contributed by atoms with Crippen molar-refractivity contribution in [1.29, 1.82) is 0 Å². The summed E-state index contributed by atoms with van der Waals surface area (Å²) in [5, 5.41) is 2.91. The van der Waals surface area contributed by atoms with E-state index in [0.717, 1.165) is 18.4 Å². The number of nitrogens with zero attached hydrogens (tertiary/aromatic N) is 2. The third kappa shape index (κ3) is 6.80. The topological polar surface area (TPSA) is 81.2 Å². The zero-order chi connectivity index (χ0) is 22.5. The Bertz CT molecular complexity index is 961. The number of halogens is 2. The van der Waals surface area contributed by atoms with E-state index in [4.69, 9.17) is 4.74 Å². The van der Waals surface area contributed by atoms with Crippen LogP contribution >= 0.6 is 0 Å². The number of hydrogen-bond donors (Lipinski definition) is 1. The van der Waals surface area contributed by atoms with E-state index in [2.05, 4.69) is 15.3 Å². The molecule has 2 aromatic rings. The molecule has 1 aliphatic rings. The minimum absolute atomic E-state index is 0.146. The Kier molecular flexibility index (Phi) is 7.30. The van der Waals surface area contributed by atoms with Crippen LogP contribution in [0, 0.1) is 19.8 Å². The first-order valence-corrected chi connectivity index (χ1v) is 10.4. The molecule has 2 aromatic heterocycles. The number of ether oxygens (including phenoxy) is 1. The molecule has 1 N–H and O–H groups in total. The van der Waals surface area contributed by atoms with Crippen molar-refractivity contribution in [3.63, 3.8) is 0 Å². The Balaban J connectivity index is 1.64. The van der Waals surface area contributed by atoms with Crippen LogP contribution in [0.5, 0.6) is 5.88 Å². The quantitative estimate of drug-likeness (QED) is 0.612. The second-order valence-corrected chi connectivity index (χ2v) is 8.14. The molecular weight excluding hydrogens is 404 g/mol. The maximum Gasteiger partial charge on any atom is 0.272 e. The number of aromatic nitrogens is 2. The number of aryl methyl sites for hydroxylation is 2. The molecule has 0 aromatic carbocycles. The van der Waals surface area contributed by atoms with Gasteiger partial charge < -0.3 is 10.1 Å². The van der Waals surface area contributed by atoms with Crippen LogP contribution in [0.4, 0.5) is 8.78 Å². The van der Waals surface area contributed by atoms with Crippen LogP contribution in [-0.2, 0) is 11.2 Å². The minimum atomic E-state index is -2.57. The number of amides is 1. The molecule has 0 radical (unpaired) electrons. The fourth-order valence-electron chi connectivity index (χ4n) is 3.35. The van der Waals surface area contributed by atoms with Gasteiger partial charge in [-0.1, -0.05) is 0 Å². The number of carbonyl (C=O) groups is 2. The second-order valence-electron chi connectivity index (χ2n) is 8.14. The van der Waals surface area contributed by atoms with E-state index in [1.165, 1.54) is 6.20 Å². The Morgan fingerprint density at radius 1 is 1.23 bits per heavy atom. The van der Waals surface area contributed by atoms with Gasteiger partial charge in [0.1, 0.15) is 5.78 Å². The van der Waals surface area contributed by atoms with Gasteiger partial charge in [0.25, 0.3) is 12.3 Å². The summed E-state index contributed by atoms with van der Waals surface area (Å²) in [5.74, 6) is 0.526. The number of carbonyl (C=O) groups excluding carboxylic acids is 2. The summed E-state index contributed by atoms with van der Waals surface area (Å²) in [5.41, 5.74) is 3.04. The lowest BCUT2D eigenvalue weighted by molar-refractivity contribution is -0.118. The summed E-state index contributed by atoms with van der Waals surface area (Å²) in [6.45, 7) is 4.60. The summed E-state index contributed by atoms with van der Waals surface area (Å²) >= 11 is 0. The Labute approximate surface area is 180 Å². The van der Waals surface area contributed by atoms with Crippen LogP contribution in [0.2, 0.25) is 0 Å². The standard InChI is InChI=1S/C23H27F2N3O3/c1-13-6-18(11-26-23(13)31-12-21(24)25)15(3)28-22(30)17-7-14(2)27-19(9-17)10-20(29)8-16-4-5-16/h6-7,9,11,15-16,21H,4-5,8,10,12H2,1-3H3,(H,28,30). The summed E-state index contributed by atoms with van der Waals surface area (Å²) < 4.78 is 29.6. The first kappa shape index (κ1) is 22.8. The Morgan fingerprint density at radius 3 is 2.61 bits per heavy atom. The molecular formula is C23H27F2N3O3. The highest BCUT2D eigenvalue weighted by atomic mass is 19.3. The average Bonchev–Trinajstić information content (AvgIpc) is 3.50. The monoisotopic (exact) mass is 431 g/mol. The van der Waals surface area contributed by atoms with Gasteiger partial charge in [-0.15, -0.1) is 0 Å². The van der Waals surface area contributed by atoms with E-state index in [1.807, 2.05) is 6.92 Å². The molecule has 1 aliphatic carbocycles. The molecule has 1 amide bonds. The molecule has 1 fully saturated rings. The number of pyridine rings is 2. The lowest BCUT2D eigenvalue weighted by Gasteiger charge is -2.16. The molecule has 0 bridgehead atoms. The van der Waals surface area contributed by atoms with Gasteiger partial charge in [-0.25, -0.2) is 13.8 Å². The molecule has 0 spiro atoms. The highest BCUT2D eigenvalue weighted by Crippen LogP contribution is 2.32. The van der Waals surface area contributed by atoms with Crippen molar-refractivity contribution in [2.75, 3.05) is 6.61 Å². The fraction of sp³-hybridized carbons (Fsp3) is 0.478. The third-order valence-electron chi connectivity index (χ3n) is 5.11.